The highest BCUT2D eigenvalue weighted by molar-refractivity contribution is 5.88. The number of methoxy groups -OCH3 is 1. The Kier molecular flexibility index (Phi) is 3.73. The van der Waals surface area contributed by atoms with E-state index < -0.39 is 30.6 Å². The van der Waals surface area contributed by atoms with Crippen LogP contribution in [0, 0.1) is 11.3 Å². The SMILES string of the molecule is CO[C@@H]1[C@H](O)[C@@H](CO)O[C@@]1(C#N)N1C=CC(=O)NC1. The Labute approximate surface area is 109 Å². The average Bonchev–Trinajstić information content (AvgIpc) is 2.72. The number of amides is 1. The number of carbonyl (C=O) groups excluding carboxylic acids is 1. The molecule has 0 unspecified atom stereocenters. The van der Waals surface area contributed by atoms with Gasteiger partial charge in [-0.05, 0) is 0 Å². The molecular formula is C11H15N3O5. The molecule has 1 saturated heterocycles. The maximum atomic E-state index is 11.1. The molecule has 0 radical (unpaired) electrons. The van der Waals surface area contributed by atoms with Crippen LogP contribution in [0.1, 0.15) is 0 Å². The molecule has 1 fully saturated rings. The van der Waals surface area contributed by atoms with Crippen molar-refractivity contribution in [2.45, 2.75) is 24.0 Å². The van der Waals surface area contributed by atoms with E-state index >= 15 is 0 Å². The van der Waals surface area contributed by atoms with Gasteiger partial charge < -0.3 is 29.9 Å². The molecule has 2 aliphatic rings. The van der Waals surface area contributed by atoms with E-state index in [1.807, 2.05) is 6.07 Å². The van der Waals surface area contributed by atoms with E-state index in [0.717, 1.165) is 0 Å². The fourth-order valence-corrected chi connectivity index (χ4v) is 2.28. The van der Waals surface area contributed by atoms with Crippen LogP contribution < -0.4 is 5.32 Å². The molecule has 2 heterocycles. The molecule has 0 aromatic rings. The van der Waals surface area contributed by atoms with Crippen LogP contribution in [0.15, 0.2) is 12.3 Å². The molecule has 0 bridgehead atoms. The molecule has 19 heavy (non-hydrogen) atoms. The quantitative estimate of drug-likeness (QED) is 0.536. The Bertz CT molecular complexity index is 435. The van der Waals surface area contributed by atoms with Crippen LogP contribution in [0.3, 0.4) is 0 Å². The van der Waals surface area contributed by atoms with Gasteiger partial charge in [-0.15, -0.1) is 0 Å². The van der Waals surface area contributed by atoms with E-state index in [1.165, 1.54) is 24.3 Å². The van der Waals surface area contributed by atoms with Crippen molar-refractivity contribution < 1.29 is 24.5 Å². The molecule has 1 amide bonds. The third kappa shape index (κ3) is 2.06. The standard InChI is InChI=1S/C11H15N3O5/c1-18-10-9(17)7(4-15)19-11(10,5-12)14-3-2-8(16)13-6-14/h2-3,7,9-10,15,17H,4,6H2,1H3,(H,13,16)/t7-,9-,10-,11-/m1/s1. The highest BCUT2D eigenvalue weighted by Gasteiger charge is 2.59. The van der Waals surface area contributed by atoms with Crippen LogP contribution in [0.4, 0.5) is 0 Å². The number of carbonyl (C=O) groups is 1. The molecule has 3 N–H and O–H groups in total. The highest BCUT2D eigenvalue weighted by Crippen LogP contribution is 2.36. The van der Waals surface area contributed by atoms with E-state index in [0.29, 0.717) is 0 Å². The minimum absolute atomic E-state index is 0.0492. The lowest BCUT2D eigenvalue weighted by atomic mass is 10.0. The number of nitrogens with one attached hydrogen (secondary N) is 1. The van der Waals surface area contributed by atoms with E-state index in [4.69, 9.17) is 14.6 Å². The van der Waals surface area contributed by atoms with Gasteiger partial charge in [-0.3, -0.25) is 4.79 Å². The summed E-state index contributed by atoms with van der Waals surface area (Å²) in [6.07, 6.45) is -0.372. The zero-order valence-electron chi connectivity index (χ0n) is 10.3. The first-order chi connectivity index (χ1) is 9.08. The zero-order chi connectivity index (χ0) is 14.0. The lowest BCUT2D eigenvalue weighted by Gasteiger charge is -2.38. The van der Waals surface area contributed by atoms with E-state index in [2.05, 4.69) is 5.32 Å². The van der Waals surface area contributed by atoms with Crippen molar-refractivity contribution in [2.75, 3.05) is 20.4 Å². The Hall–Kier alpha value is -1.66. The lowest BCUT2D eigenvalue weighted by Crippen LogP contribution is -2.58. The van der Waals surface area contributed by atoms with Crippen LogP contribution in [0.5, 0.6) is 0 Å². The second kappa shape index (κ2) is 5.14. The van der Waals surface area contributed by atoms with Gasteiger partial charge in [0.05, 0.1) is 13.3 Å². The maximum absolute atomic E-state index is 11.1. The smallest absolute Gasteiger partial charge is 0.261 e. The van der Waals surface area contributed by atoms with Gasteiger partial charge in [0.25, 0.3) is 5.72 Å². The van der Waals surface area contributed by atoms with Gasteiger partial charge in [-0.25, -0.2) is 0 Å². The summed E-state index contributed by atoms with van der Waals surface area (Å²) in [4.78, 5) is 12.5. The van der Waals surface area contributed by atoms with Crippen LogP contribution in [0.25, 0.3) is 0 Å². The third-order valence-corrected chi connectivity index (χ3v) is 3.26. The Balaban J connectivity index is 2.34. The largest absolute Gasteiger partial charge is 0.394 e. The van der Waals surface area contributed by atoms with Crippen molar-refractivity contribution in [3.8, 4) is 6.07 Å². The van der Waals surface area contributed by atoms with Crippen molar-refractivity contribution in [3.63, 3.8) is 0 Å². The summed E-state index contributed by atoms with van der Waals surface area (Å²) >= 11 is 0. The minimum atomic E-state index is -1.59. The number of nitriles is 1. The van der Waals surface area contributed by atoms with Gasteiger partial charge in [0, 0.05) is 19.4 Å². The number of hydrogen-bond donors (Lipinski definition) is 3. The summed E-state index contributed by atoms with van der Waals surface area (Å²) in [5.41, 5.74) is -1.59. The van der Waals surface area contributed by atoms with Gasteiger partial charge in [0.2, 0.25) is 5.91 Å². The van der Waals surface area contributed by atoms with Crippen molar-refractivity contribution in [1.29, 1.82) is 5.26 Å². The van der Waals surface area contributed by atoms with Crippen molar-refractivity contribution >= 4 is 5.91 Å². The molecule has 104 valence electrons. The van der Waals surface area contributed by atoms with Gasteiger partial charge >= 0.3 is 0 Å². The third-order valence-electron chi connectivity index (χ3n) is 3.26. The van der Waals surface area contributed by atoms with Crippen molar-refractivity contribution in [1.82, 2.24) is 10.2 Å². The number of aliphatic hydroxyl groups is 2. The van der Waals surface area contributed by atoms with Crippen LogP contribution in [0.2, 0.25) is 0 Å². The van der Waals surface area contributed by atoms with Crippen molar-refractivity contribution in [2.24, 2.45) is 0 Å². The first-order valence-corrected chi connectivity index (χ1v) is 5.72. The predicted molar refractivity (Wildman–Crippen MR) is 61.1 cm³/mol. The number of aliphatic hydroxyl groups excluding tert-OH is 2. The van der Waals surface area contributed by atoms with Gasteiger partial charge in [0.15, 0.2) is 0 Å². The van der Waals surface area contributed by atoms with E-state index in [9.17, 15) is 15.2 Å². The molecule has 2 rings (SSSR count). The fourth-order valence-electron chi connectivity index (χ4n) is 2.28. The van der Waals surface area contributed by atoms with Crippen LogP contribution in [-0.4, -0.2) is 65.4 Å². The summed E-state index contributed by atoms with van der Waals surface area (Å²) in [6, 6.07) is 1.96. The number of rotatable bonds is 3. The molecule has 0 aliphatic carbocycles. The summed E-state index contributed by atoms with van der Waals surface area (Å²) in [5.74, 6) is -0.282. The molecule has 4 atom stereocenters. The molecule has 8 heteroatoms. The molecule has 0 saturated carbocycles. The predicted octanol–water partition coefficient (Wildman–Crippen LogP) is -2.12. The second-order valence-electron chi connectivity index (χ2n) is 4.28. The first-order valence-electron chi connectivity index (χ1n) is 5.72. The molecular weight excluding hydrogens is 254 g/mol. The zero-order valence-corrected chi connectivity index (χ0v) is 10.3. The number of hydrogen-bond acceptors (Lipinski definition) is 7. The molecule has 2 aliphatic heterocycles. The first kappa shape index (κ1) is 13.8. The molecule has 0 spiro atoms. The Morgan fingerprint density at radius 3 is 3.00 bits per heavy atom. The number of nitrogens with zero attached hydrogens (tertiary/aromatic N) is 2. The van der Waals surface area contributed by atoms with E-state index in [-0.39, 0.29) is 12.6 Å². The Morgan fingerprint density at radius 1 is 1.79 bits per heavy atom. The fraction of sp³-hybridized carbons (Fsp3) is 0.636. The summed E-state index contributed by atoms with van der Waals surface area (Å²) in [6.45, 7) is -0.387. The van der Waals surface area contributed by atoms with Gasteiger partial charge in [-0.2, -0.15) is 5.26 Å². The van der Waals surface area contributed by atoms with Gasteiger partial charge in [-0.1, -0.05) is 0 Å². The molecule has 0 aromatic heterocycles. The Morgan fingerprint density at radius 2 is 2.53 bits per heavy atom. The van der Waals surface area contributed by atoms with Gasteiger partial charge in [0.1, 0.15) is 24.4 Å². The average molecular weight is 269 g/mol. The topological polar surface area (TPSA) is 115 Å². The highest BCUT2D eigenvalue weighted by atomic mass is 16.6. The summed E-state index contributed by atoms with van der Waals surface area (Å²) < 4.78 is 10.6. The lowest BCUT2D eigenvalue weighted by molar-refractivity contribution is -0.146. The second-order valence-corrected chi connectivity index (χ2v) is 4.28. The van der Waals surface area contributed by atoms with Crippen LogP contribution >= 0.6 is 0 Å². The van der Waals surface area contributed by atoms with E-state index in [1.54, 1.807) is 0 Å². The number of ether oxygens (including phenoxy) is 2. The summed E-state index contributed by atoms with van der Waals surface area (Å²) in [5, 5.41) is 31.1. The molecule has 0 aromatic carbocycles. The normalized spacial score (nSPS) is 38.1. The van der Waals surface area contributed by atoms with Crippen molar-refractivity contribution in [3.05, 3.63) is 12.3 Å². The minimum Gasteiger partial charge on any atom is -0.394 e. The monoisotopic (exact) mass is 269 g/mol. The summed E-state index contributed by atoms with van der Waals surface area (Å²) in [7, 11) is 1.34. The molecule has 8 nitrogen and oxygen atoms in total. The maximum Gasteiger partial charge on any atom is 0.261 e. The van der Waals surface area contributed by atoms with Crippen LogP contribution in [-0.2, 0) is 14.3 Å².